The van der Waals surface area contributed by atoms with Crippen molar-refractivity contribution < 1.29 is 9.47 Å². The molecule has 0 atom stereocenters. The summed E-state index contributed by atoms with van der Waals surface area (Å²) < 4.78 is 12.2. The number of hydrogen-bond acceptors (Lipinski definition) is 3. The van der Waals surface area contributed by atoms with Crippen LogP contribution in [-0.2, 0) is 24.4 Å². The summed E-state index contributed by atoms with van der Waals surface area (Å²) in [4.78, 5) is 4.61. The van der Waals surface area contributed by atoms with Crippen molar-refractivity contribution in [3.05, 3.63) is 120 Å². The molecule has 3 aromatic carbocycles. The highest BCUT2D eigenvalue weighted by molar-refractivity contribution is 5.65. The van der Waals surface area contributed by atoms with E-state index in [-0.39, 0.29) is 5.41 Å². The minimum Gasteiger partial charge on any atom is -0.489 e. The van der Waals surface area contributed by atoms with Crippen LogP contribution >= 0.6 is 0 Å². The van der Waals surface area contributed by atoms with Crippen LogP contribution in [0.4, 0.5) is 0 Å². The predicted molar refractivity (Wildman–Crippen MR) is 134 cm³/mol. The van der Waals surface area contributed by atoms with Gasteiger partial charge in [-0.3, -0.25) is 4.98 Å². The number of benzene rings is 3. The maximum absolute atomic E-state index is 6.10. The third-order valence-corrected chi connectivity index (χ3v) is 5.54. The molecule has 0 saturated heterocycles. The lowest BCUT2D eigenvalue weighted by Gasteiger charge is -2.26. The van der Waals surface area contributed by atoms with E-state index in [1.807, 2.05) is 54.7 Å². The van der Waals surface area contributed by atoms with Gasteiger partial charge in [-0.2, -0.15) is 0 Å². The quantitative estimate of drug-likeness (QED) is 0.265. The lowest BCUT2D eigenvalue weighted by atomic mass is 9.84. The number of hydrogen-bond donors (Lipinski definition) is 0. The van der Waals surface area contributed by atoms with Crippen LogP contribution in [0.5, 0.6) is 5.75 Å². The smallest absolute Gasteiger partial charge is 0.120 e. The van der Waals surface area contributed by atoms with Crippen molar-refractivity contribution in [1.29, 1.82) is 0 Å². The molecule has 0 fully saturated rings. The summed E-state index contributed by atoms with van der Waals surface area (Å²) in [6.07, 6.45) is 2.72. The molecule has 0 spiro atoms. The maximum atomic E-state index is 6.10. The van der Waals surface area contributed by atoms with E-state index in [0.29, 0.717) is 19.8 Å². The Labute approximate surface area is 197 Å². The fourth-order valence-corrected chi connectivity index (χ4v) is 3.89. The van der Waals surface area contributed by atoms with Gasteiger partial charge in [-0.1, -0.05) is 86.6 Å². The van der Waals surface area contributed by atoms with Gasteiger partial charge in [-0.15, -0.1) is 0 Å². The maximum Gasteiger partial charge on any atom is 0.120 e. The second-order valence-corrected chi connectivity index (χ2v) is 9.13. The van der Waals surface area contributed by atoms with Gasteiger partial charge < -0.3 is 9.47 Å². The average Bonchev–Trinajstić information content (AvgIpc) is 2.85. The Morgan fingerprint density at radius 3 is 2.06 bits per heavy atom. The largest absolute Gasteiger partial charge is 0.489 e. The zero-order valence-corrected chi connectivity index (χ0v) is 19.4. The van der Waals surface area contributed by atoms with Crippen LogP contribution in [0.25, 0.3) is 11.3 Å². The fraction of sp³-hybridized carbons (Fsp3) is 0.233. The minimum atomic E-state index is -0.0231. The molecule has 33 heavy (non-hydrogen) atoms. The SMILES string of the molecule is CC(C)(COCc1ccccc1)Cc1ccc(OCc2ccccc2)cc1-c1ccccn1. The summed E-state index contributed by atoms with van der Waals surface area (Å²) in [7, 11) is 0. The molecule has 3 nitrogen and oxygen atoms in total. The normalized spacial score (nSPS) is 11.3. The van der Waals surface area contributed by atoms with Gasteiger partial charge in [0.1, 0.15) is 12.4 Å². The van der Waals surface area contributed by atoms with Gasteiger partial charge in [0.15, 0.2) is 0 Å². The highest BCUT2D eigenvalue weighted by atomic mass is 16.5. The summed E-state index contributed by atoms with van der Waals surface area (Å²) in [6, 6.07) is 32.9. The molecule has 3 heteroatoms. The molecule has 4 rings (SSSR count). The van der Waals surface area contributed by atoms with Crippen LogP contribution in [0, 0.1) is 5.41 Å². The average molecular weight is 438 g/mol. The Kier molecular flexibility index (Phi) is 7.54. The van der Waals surface area contributed by atoms with E-state index < -0.39 is 0 Å². The van der Waals surface area contributed by atoms with Gasteiger partial charge in [0.2, 0.25) is 0 Å². The number of ether oxygens (including phenoxy) is 2. The second-order valence-electron chi connectivity index (χ2n) is 9.13. The lowest BCUT2D eigenvalue weighted by molar-refractivity contribution is 0.0515. The third-order valence-electron chi connectivity index (χ3n) is 5.54. The van der Waals surface area contributed by atoms with E-state index in [1.54, 1.807) is 0 Å². The van der Waals surface area contributed by atoms with E-state index in [1.165, 1.54) is 11.1 Å². The highest BCUT2D eigenvalue weighted by Crippen LogP contribution is 2.32. The van der Waals surface area contributed by atoms with Crippen LogP contribution in [0.3, 0.4) is 0 Å². The molecule has 0 saturated carbocycles. The summed E-state index contributed by atoms with van der Waals surface area (Å²) in [6.45, 7) is 6.35. The first kappa shape index (κ1) is 22.8. The van der Waals surface area contributed by atoms with Crippen molar-refractivity contribution in [3.63, 3.8) is 0 Å². The zero-order valence-electron chi connectivity index (χ0n) is 19.4. The lowest BCUT2D eigenvalue weighted by Crippen LogP contribution is -2.22. The number of nitrogens with zero attached hydrogens (tertiary/aromatic N) is 1. The van der Waals surface area contributed by atoms with Crippen LogP contribution < -0.4 is 4.74 Å². The predicted octanol–water partition coefficient (Wildman–Crippen LogP) is 7.11. The van der Waals surface area contributed by atoms with Crippen molar-refractivity contribution in [2.75, 3.05) is 6.61 Å². The molecule has 168 valence electrons. The zero-order chi connectivity index (χ0) is 22.9. The third kappa shape index (κ3) is 6.77. The molecule has 0 N–H and O–H groups in total. The van der Waals surface area contributed by atoms with Crippen LogP contribution in [0.1, 0.15) is 30.5 Å². The van der Waals surface area contributed by atoms with Gasteiger partial charge in [-0.05, 0) is 52.8 Å². The summed E-state index contributed by atoms with van der Waals surface area (Å²) in [5, 5.41) is 0. The molecular formula is C30H31NO2. The molecule has 0 unspecified atom stereocenters. The molecule has 0 aliphatic heterocycles. The van der Waals surface area contributed by atoms with Crippen molar-refractivity contribution in [3.8, 4) is 17.0 Å². The van der Waals surface area contributed by atoms with Crippen molar-refractivity contribution in [2.24, 2.45) is 5.41 Å². The van der Waals surface area contributed by atoms with Crippen molar-refractivity contribution in [2.45, 2.75) is 33.5 Å². The molecule has 0 bridgehead atoms. The Balaban J connectivity index is 1.48. The first-order valence-corrected chi connectivity index (χ1v) is 11.4. The number of aromatic nitrogens is 1. The van der Waals surface area contributed by atoms with E-state index in [2.05, 4.69) is 67.4 Å². The molecule has 1 aromatic heterocycles. The van der Waals surface area contributed by atoms with E-state index in [0.717, 1.165) is 29.0 Å². The summed E-state index contributed by atoms with van der Waals surface area (Å²) in [5.41, 5.74) is 5.63. The molecule has 0 amide bonds. The van der Waals surface area contributed by atoms with Crippen molar-refractivity contribution in [1.82, 2.24) is 4.98 Å². The standard InChI is InChI=1S/C30H31NO2/c1-30(2,23-32-21-24-11-5-3-6-12-24)20-26-16-17-27(33-22-25-13-7-4-8-14-25)19-28(26)29-15-9-10-18-31-29/h3-19H,20-23H2,1-2H3. The van der Waals surface area contributed by atoms with E-state index in [4.69, 9.17) is 9.47 Å². The van der Waals surface area contributed by atoms with Gasteiger partial charge in [0.25, 0.3) is 0 Å². The Bertz CT molecular complexity index is 1130. The van der Waals surface area contributed by atoms with Gasteiger partial charge in [0.05, 0.1) is 18.9 Å². The molecule has 0 radical (unpaired) electrons. The van der Waals surface area contributed by atoms with Crippen LogP contribution in [0.2, 0.25) is 0 Å². The van der Waals surface area contributed by atoms with Crippen LogP contribution in [-0.4, -0.2) is 11.6 Å². The highest BCUT2D eigenvalue weighted by Gasteiger charge is 2.22. The summed E-state index contributed by atoms with van der Waals surface area (Å²) in [5.74, 6) is 0.849. The minimum absolute atomic E-state index is 0.0231. The topological polar surface area (TPSA) is 31.4 Å². The first-order chi connectivity index (χ1) is 16.1. The van der Waals surface area contributed by atoms with Crippen molar-refractivity contribution >= 4 is 0 Å². The van der Waals surface area contributed by atoms with Gasteiger partial charge in [0, 0.05) is 11.8 Å². The Hall–Kier alpha value is -3.43. The van der Waals surface area contributed by atoms with Crippen LogP contribution in [0.15, 0.2) is 103 Å². The Morgan fingerprint density at radius 2 is 1.39 bits per heavy atom. The molecule has 1 heterocycles. The summed E-state index contributed by atoms with van der Waals surface area (Å²) >= 11 is 0. The van der Waals surface area contributed by atoms with Gasteiger partial charge in [-0.25, -0.2) is 0 Å². The van der Waals surface area contributed by atoms with Gasteiger partial charge >= 0.3 is 0 Å². The number of rotatable bonds is 10. The van der Waals surface area contributed by atoms with E-state index >= 15 is 0 Å². The molecular weight excluding hydrogens is 406 g/mol. The molecule has 4 aromatic rings. The molecule has 0 aliphatic rings. The fourth-order valence-electron chi connectivity index (χ4n) is 3.89. The number of pyridine rings is 1. The second kappa shape index (κ2) is 10.9. The first-order valence-electron chi connectivity index (χ1n) is 11.4. The van der Waals surface area contributed by atoms with E-state index in [9.17, 15) is 0 Å². The molecule has 0 aliphatic carbocycles. The Morgan fingerprint density at radius 1 is 0.727 bits per heavy atom. The monoisotopic (exact) mass is 437 g/mol.